The lowest BCUT2D eigenvalue weighted by molar-refractivity contribution is -0.131. The molecule has 0 bridgehead atoms. The number of rotatable bonds is 5. The van der Waals surface area contributed by atoms with Gasteiger partial charge in [-0.3, -0.25) is 4.79 Å². The summed E-state index contributed by atoms with van der Waals surface area (Å²) < 4.78 is 31.6. The number of carbonyl (C=O) groups excluding carboxylic acids is 1. The fourth-order valence-corrected chi connectivity index (χ4v) is 3.88. The highest BCUT2D eigenvalue weighted by molar-refractivity contribution is 7.89. The second-order valence-corrected chi connectivity index (χ2v) is 6.95. The number of nitrogens with one attached hydrogen (secondary N) is 1. The second-order valence-electron chi connectivity index (χ2n) is 5.24. The molecule has 2 rings (SSSR count). The molecule has 1 N–H and O–H groups in total. The molecule has 1 aromatic rings. The van der Waals surface area contributed by atoms with Crippen molar-refractivity contribution in [1.29, 1.82) is 0 Å². The highest BCUT2D eigenvalue weighted by Crippen LogP contribution is 2.18. The number of amides is 1. The summed E-state index contributed by atoms with van der Waals surface area (Å²) in [6.45, 7) is 4.75. The average Bonchev–Trinajstić information content (AvgIpc) is 2.79. The molecule has 8 heteroatoms. The van der Waals surface area contributed by atoms with E-state index in [-0.39, 0.29) is 29.5 Å². The maximum absolute atomic E-state index is 12.2. The van der Waals surface area contributed by atoms with Crippen molar-refractivity contribution in [1.82, 2.24) is 14.8 Å². The Balaban J connectivity index is 1.89. The first-order valence-electron chi connectivity index (χ1n) is 7.12. The molecule has 1 saturated heterocycles. The van der Waals surface area contributed by atoms with Crippen LogP contribution in [-0.2, 0) is 14.8 Å². The predicted molar refractivity (Wildman–Crippen MR) is 76.2 cm³/mol. The average molecular weight is 315 g/mol. The first kappa shape index (κ1) is 16.0. The van der Waals surface area contributed by atoms with E-state index >= 15 is 0 Å². The topological polar surface area (TPSA) is 92.5 Å². The molecule has 0 unspecified atom stereocenters. The van der Waals surface area contributed by atoms with Gasteiger partial charge in [0.15, 0.2) is 5.76 Å². The van der Waals surface area contributed by atoms with Crippen molar-refractivity contribution < 1.29 is 17.7 Å². The quantitative estimate of drug-likeness (QED) is 0.874. The number of sulfonamides is 1. The van der Waals surface area contributed by atoms with Crippen LogP contribution in [0.4, 0.5) is 0 Å². The zero-order valence-electron chi connectivity index (χ0n) is 12.4. The van der Waals surface area contributed by atoms with Crippen molar-refractivity contribution in [3.63, 3.8) is 0 Å². The van der Waals surface area contributed by atoms with E-state index in [9.17, 15) is 13.2 Å². The van der Waals surface area contributed by atoms with Crippen molar-refractivity contribution >= 4 is 15.9 Å². The molecular weight excluding hydrogens is 294 g/mol. The minimum atomic E-state index is -3.68. The SMILES string of the molecule is Cc1noc(C)c1S(=O)(=O)NCCC(=O)N1CCCCC1. The van der Waals surface area contributed by atoms with Gasteiger partial charge in [-0.2, -0.15) is 0 Å². The van der Waals surface area contributed by atoms with Gasteiger partial charge in [-0.25, -0.2) is 13.1 Å². The molecule has 1 aromatic heterocycles. The molecule has 1 amide bonds. The predicted octanol–water partition coefficient (Wildman–Crippen LogP) is 0.972. The summed E-state index contributed by atoms with van der Waals surface area (Å²) in [6, 6.07) is 0. The standard InChI is InChI=1S/C13H21N3O4S/c1-10-13(11(2)20-15-10)21(18,19)14-7-6-12(17)16-8-4-3-5-9-16/h14H,3-9H2,1-2H3. The Morgan fingerprint density at radius 3 is 2.52 bits per heavy atom. The largest absolute Gasteiger partial charge is 0.360 e. The summed E-state index contributed by atoms with van der Waals surface area (Å²) in [6.07, 6.45) is 3.37. The lowest BCUT2D eigenvalue weighted by atomic mass is 10.1. The van der Waals surface area contributed by atoms with Gasteiger partial charge in [0.05, 0.1) is 0 Å². The van der Waals surface area contributed by atoms with E-state index in [0.717, 1.165) is 32.4 Å². The molecule has 0 aromatic carbocycles. The van der Waals surface area contributed by atoms with E-state index in [1.165, 1.54) is 0 Å². The van der Waals surface area contributed by atoms with Crippen LogP contribution >= 0.6 is 0 Å². The highest BCUT2D eigenvalue weighted by atomic mass is 32.2. The van der Waals surface area contributed by atoms with Gasteiger partial charge in [-0.1, -0.05) is 5.16 Å². The van der Waals surface area contributed by atoms with Gasteiger partial charge in [0.1, 0.15) is 10.6 Å². The summed E-state index contributed by atoms with van der Waals surface area (Å²) in [5.74, 6) is 0.249. The number of likely N-dealkylation sites (tertiary alicyclic amines) is 1. The summed E-state index contributed by atoms with van der Waals surface area (Å²) in [4.78, 5) is 13.8. The molecule has 21 heavy (non-hydrogen) atoms. The molecule has 2 heterocycles. The fourth-order valence-electron chi connectivity index (χ4n) is 2.52. The second kappa shape index (κ2) is 6.57. The maximum atomic E-state index is 12.2. The Labute approximate surface area is 124 Å². The third-order valence-electron chi connectivity index (χ3n) is 3.58. The molecule has 0 atom stereocenters. The van der Waals surface area contributed by atoms with Gasteiger partial charge >= 0.3 is 0 Å². The van der Waals surface area contributed by atoms with Gasteiger partial charge in [-0.15, -0.1) is 0 Å². The van der Waals surface area contributed by atoms with Crippen LogP contribution in [-0.4, -0.2) is 44.0 Å². The van der Waals surface area contributed by atoms with Crippen LogP contribution in [0.5, 0.6) is 0 Å². The van der Waals surface area contributed by atoms with Crippen LogP contribution in [0.3, 0.4) is 0 Å². The van der Waals surface area contributed by atoms with E-state index in [4.69, 9.17) is 4.52 Å². The van der Waals surface area contributed by atoms with E-state index < -0.39 is 10.0 Å². The Hall–Kier alpha value is -1.41. The molecule has 1 aliphatic heterocycles. The third kappa shape index (κ3) is 3.82. The molecule has 118 valence electrons. The van der Waals surface area contributed by atoms with Crippen molar-refractivity contribution in [3.05, 3.63) is 11.5 Å². The van der Waals surface area contributed by atoms with Crippen LogP contribution in [0.25, 0.3) is 0 Å². The van der Waals surface area contributed by atoms with E-state index in [2.05, 4.69) is 9.88 Å². The number of piperidine rings is 1. The summed E-state index contributed by atoms with van der Waals surface area (Å²) >= 11 is 0. The molecular formula is C13H21N3O4S. The Bertz CT molecular complexity index is 583. The summed E-state index contributed by atoms with van der Waals surface area (Å²) in [5, 5.41) is 3.63. The molecule has 0 radical (unpaired) electrons. The monoisotopic (exact) mass is 315 g/mol. The van der Waals surface area contributed by atoms with Crippen LogP contribution in [0, 0.1) is 13.8 Å². The van der Waals surface area contributed by atoms with Gasteiger partial charge < -0.3 is 9.42 Å². The normalized spacial score (nSPS) is 16.2. The highest BCUT2D eigenvalue weighted by Gasteiger charge is 2.24. The number of aromatic nitrogens is 1. The number of carbonyl (C=O) groups is 1. The van der Waals surface area contributed by atoms with E-state index in [0.29, 0.717) is 5.69 Å². The molecule has 0 aliphatic carbocycles. The minimum absolute atomic E-state index is 0.00355. The Morgan fingerprint density at radius 1 is 1.29 bits per heavy atom. The number of hydrogen-bond donors (Lipinski definition) is 1. The first-order valence-corrected chi connectivity index (χ1v) is 8.60. The lowest BCUT2D eigenvalue weighted by Crippen LogP contribution is -2.37. The van der Waals surface area contributed by atoms with Crippen molar-refractivity contribution in [2.24, 2.45) is 0 Å². The Morgan fingerprint density at radius 2 is 1.95 bits per heavy atom. The molecule has 1 aliphatic rings. The zero-order chi connectivity index (χ0) is 15.5. The molecule has 7 nitrogen and oxygen atoms in total. The fraction of sp³-hybridized carbons (Fsp3) is 0.692. The van der Waals surface area contributed by atoms with Crippen molar-refractivity contribution in [2.75, 3.05) is 19.6 Å². The third-order valence-corrected chi connectivity index (χ3v) is 5.28. The van der Waals surface area contributed by atoms with E-state index in [1.807, 2.05) is 0 Å². The summed E-state index contributed by atoms with van der Waals surface area (Å²) in [7, 11) is -3.68. The van der Waals surface area contributed by atoms with Crippen molar-refractivity contribution in [2.45, 2.75) is 44.4 Å². The lowest BCUT2D eigenvalue weighted by Gasteiger charge is -2.26. The smallest absolute Gasteiger partial charge is 0.245 e. The molecule has 0 saturated carbocycles. The number of nitrogens with zero attached hydrogens (tertiary/aromatic N) is 2. The maximum Gasteiger partial charge on any atom is 0.245 e. The van der Waals surface area contributed by atoms with Crippen molar-refractivity contribution in [3.8, 4) is 0 Å². The Kier molecular flexibility index (Phi) is 5.00. The van der Waals surface area contributed by atoms with Gasteiger partial charge in [0.2, 0.25) is 15.9 Å². The number of aryl methyl sites for hydroxylation is 2. The molecule has 1 fully saturated rings. The minimum Gasteiger partial charge on any atom is -0.360 e. The first-order chi connectivity index (χ1) is 9.92. The molecule has 0 spiro atoms. The van der Waals surface area contributed by atoms with Crippen LogP contribution in [0.15, 0.2) is 9.42 Å². The van der Waals surface area contributed by atoms with Gasteiger partial charge in [0, 0.05) is 26.1 Å². The summed E-state index contributed by atoms with van der Waals surface area (Å²) in [5.41, 5.74) is 0.322. The van der Waals surface area contributed by atoms with Gasteiger partial charge in [0.25, 0.3) is 0 Å². The van der Waals surface area contributed by atoms with Crippen LogP contribution < -0.4 is 4.72 Å². The van der Waals surface area contributed by atoms with E-state index in [1.54, 1.807) is 18.7 Å². The van der Waals surface area contributed by atoms with Crippen LogP contribution in [0.1, 0.15) is 37.1 Å². The zero-order valence-corrected chi connectivity index (χ0v) is 13.2. The van der Waals surface area contributed by atoms with Gasteiger partial charge in [-0.05, 0) is 33.1 Å². The van der Waals surface area contributed by atoms with Crippen LogP contribution in [0.2, 0.25) is 0 Å². The number of hydrogen-bond acceptors (Lipinski definition) is 5.